The summed E-state index contributed by atoms with van der Waals surface area (Å²) in [6, 6.07) is 24.0. The average molecular weight is 506 g/mol. The van der Waals surface area contributed by atoms with Crippen molar-refractivity contribution in [3.63, 3.8) is 0 Å². The molecule has 0 aromatic heterocycles. The predicted molar refractivity (Wildman–Crippen MR) is 139 cm³/mol. The van der Waals surface area contributed by atoms with Crippen molar-refractivity contribution in [2.45, 2.75) is 55.8 Å². The fourth-order valence-electron chi connectivity index (χ4n) is 4.90. The van der Waals surface area contributed by atoms with Crippen molar-refractivity contribution in [2.75, 3.05) is 11.9 Å². The van der Waals surface area contributed by atoms with E-state index in [0.29, 0.717) is 11.4 Å². The minimum absolute atomic E-state index is 0.0422. The first-order valence-corrected chi connectivity index (χ1v) is 13.9. The van der Waals surface area contributed by atoms with Crippen LogP contribution in [0.3, 0.4) is 0 Å². The number of rotatable bonds is 7. The third-order valence-electron chi connectivity index (χ3n) is 6.77. The molecule has 2 aliphatic rings. The molecule has 1 atom stereocenters. The Balaban J connectivity index is 1.32. The monoisotopic (exact) mass is 505 g/mol. The Morgan fingerprint density at radius 1 is 0.917 bits per heavy atom. The lowest BCUT2D eigenvalue weighted by Crippen LogP contribution is -2.42. The number of benzene rings is 3. The Kier molecular flexibility index (Phi) is 7.25. The molecule has 1 fully saturated rings. The number of nitrogens with one attached hydrogen (secondary N) is 2. The molecule has 5 rings (SSSR count). The molecule has 1 unspecified atom stereocenters. The Labute approximate surface area is 212 Å². The van der Waals surface area contributed by atoms with Gasteiger partial charge in [0, 0.05) is 12.6 Å². The van der Waals surface area contributed by atoms with Gasteiger partial charge >= 0.3 is 0 Å². The fourth-order valence-corrected chi connectivity index (χ4v) is 6.57. The summed E-state index contributed by atoms with van der Waals surface area (Å²) in [4.78, 5) is 12.5. The van der Waals surface area contributed by atoms with Crippen molar-refractivity contribution in [1.29, 1.82) is 0 Å². The lowest BCUT2D eigenvalue weighted by Gasteiger charge is -2.37. The van der Waals surface area contributed by atoms with Gasteiger partial charge in [0.25, 0.3) is 5.91 Å². The molecule has 7 nitrogen and oxygen atoms in total. The van der Waals surface area contributed by atoms with E-state index in [4.69, 9.17) is 4.74 Å². The number of hydrogen-bond donors (Lipinski definition) is 2. The first-order chi connectivity index (χ1) is 17.5. The molecule has 3 aromatic rings. The van der Waals surface area contributed by atoms with Crippen LogP contribution in [-0.4, -0.2) is 31.3 Å². The number of nitrogens with zero attached hydrogens (tertiary/aromatic N) is 1. The van der Waals surface area contributed by atoms with Crippen LogP contribution in [0, 0.1) is 0 Å². The normalized spacial score (nSPS) is 19.6. The van der Waals surface area contributed by atoms with Crippen LogP contribution in [0.4, 0.5) is 5.69 Å². The molecule has 1 aliphatic carbocycles. The maximum absolute atomic E-state index is 13.6. The number of hydrogen-bond acceptors (Lipinski definition) is 5. The molecule has 1 aliphatic heterocycles. The molecular formula is C28H31N3O4S. The molecule has 36 heavy (non-hydrogen) atoms. The summed E-state index contributed by atoms with van der Waals surface area (Å²) in [5, 5.41) is 6.45. The smallest absolute Gasteiger partial charge is 0.258 e. The summed E-state index contributed by atoms with van der Waals surface area (Å²) in [5.74, 6) is 0.447. The maximum Gasteiger partial charge on any atom is 0.258 e. The first kappa shape index (κ1) is 24.3. The highest BCUT2D eigenvalue weighted by Crippen LogP contribution is 2.39. The van der Waals surface area contributed by atoms with Crippen LogP contribution in [0.2, 0.25) is 0 Å². The van der Waals surface area contributed by atoms with E-state index >= 15 is 0 Å². The van der Waals surface area contributed by atoms with Crippen molar-refractivity contribution in [3.05, 3.63) is 90.0 Å². The highest BCUT2D eigenvalue weighted by Gasteiger charge is 2.38. The zero-order chi connectivity index (χ0) is 25.0. The molecule has 1 amide bonds. The largest absolute Gasteiger partial charge is 0.484 e. The van der Waals surface area contributed by atoms with Crippen LogP contribution in [0.1, 0.15) is 49.4 Å². The van der Waals surface area contributed by atoms with Gasteiger partial charge in [0.2, 0.25) is 10.0 Å². The molecule has 0 saturated heterocycles. The van der Waals surface area contributed by atoms with Crippen molar-refractivity contribution in [1.82, 2.24) is 9.62 Å². The number of fused-ring (bicyclic) bond motifs is 1. The molecule has 1 heterocycles. The summed E-state index contributed by atoms with van der Waals surface area (Å²) in [6.07, 6.45) is 5.02. The van der Waals surface area contributed by atoms with Gasteiger partial charge in [-0.15, -0.1) is 0 Å². The Hall–Kier alpha value is -3.36. The zero-order valence-electron chi connectivity index (χ0n) is 20.1. The minimum Gasteiger partial charge on any atom is -0.484 e. The molecule has 188 valence electrons. The third kappa shape index (κ3) is 5.39. The van der Waals surface area contributed by atoms with Crippen LogP contribution in [-0.2, 0) is 21.4 Å². The lowest BCUT2D eigenvalue weighted by atomic mass is 9.95. The minimum atomic E-state index is -3.74. The third-order valence-corrected chi connectivity index (χ3v) is 8.64. The van der Waals surface area contributed by atoms with Crippen LogP contribution < -0.4 is 15.4 Å². The number of sulfonamides is 1. The van der Waals surface area contributed by atoms with Gasteiger partial charge < -0.3 is 15.4 Å². The van der Waals surface area contributed by atoms with Gasteiger partial charge in [-0.3, -0.25) is 4.79 Å². The number of carbonyl (C=O) groups is 1. The van der Waals surface area contributed by atoms with Gasteiger partial charge in [0.15, 0.2) is 6.61 Å². The van der Waals surface area contributed by atoms with E-state index in [1.165, 1.54) is 10.7 Å². The van der Waals surface area contributed by atoms with Crippen molar-refractivity contribution < 1.29 is 17.9 Å². The Bertz CT molecular complexity index is 1290. The van der Waals surface area contributed by atoms with E-state index in [2.05, 4.69) is 10.6 Å². The van der Waals surface area contributed by atoms with E-state index in [1.54, 1.807) is 30.3 Å². The standard InChI is InChI=1S/C28H31N3O4S/c32-27(29-23-11-5-2-6-12-23)20-35-24-17-15-22(16-18-24)28-30-25-13-7-8-14-26(25)36(33,34)31(28)19-21-9-3-1-4-10-21/h1,3-4,7-10,13-18,23,28,30H,2,5-6,11-12,19-20H2,(H,29,32). The van der Waals surface area contributed by atoms with Crippen LogP contribution >= 0.6 is 0 Å². The number of anilines is 1. The second-order valence-electron chi connectivity index (χ2n) is 9.34. The lowest BCUT2D eigenvalue weighted by molar-refractivity contribution is -0.124. The molecule has 0 bridgehead atoms. The highest BCUT2D eigenvalue weighted by molar-refractivity contribution is 7.89. The van der Waals surface area contributed by atoms with Gasteiger partial charge in [-0.2, -0.15) is 4.31 Å². The van der Waals surface area contributed by atoms with E-state index in [-0.39, 0.29) is 30.0 Å². The van der Waals surface area contributed by atoms with Gasteiger partial charge in [-0.05, 0) is 48.2 Å². The maximum atomic E-state index is 13.6. The number of para-hydroxylation sites is 1. The first-order valence-electron chi connectivity index (χ1n) is 12.4. The Morgan fingerprint density at radius 2 is 1.61 bits per heavy atom. The number of carbonyl (C=O) groups excluding carboxylic acids is 1. The molecule has 3 aromatic carbocycles. The van der Waals surface area contributed by atoms with Crippen molar-refractivity contribution in [3.8, 4) is 5.75 Å². The molecule has 0 radical (unpaired) electrons. The second kappa shape index (κ2) is 10.7. The second-order valence-corrected chi connectivity index (χ2v) is 11.2. The summed E-state index contributed by atoms with van der Waals surface area (Å²) < 4.78 is 34.4. The Morgan fingerprint density at radius 3 is 2.36 bits per heavy atom. The van der Waals surface area contributed by atoms with Crippen molar-refractivity contribution >= 4 is 21.6 Å². The number of ether oxygens (including phenoxy) is 1. The number of amides is 1. The average Bonchev–Trinajstić information content (AvgIpc) is 2.91. The summed E-state index contributed by atoms with van der Waals surface area (Å²) in [5.41, 5.74) is 2.26. The SMILES string of the molecule is O=C(COc1ccc(C2Nc3ccccc3S(=O)(=O)N2Cc2ccccc2)cc1)NC1CCCCC1. The summed E-state index contributed by atoms with van der Waals surface area (Å²) in [6.45, 7) is 0.189. The van der Waals surface area contributed by atoms with E-state index in [9.17, 15) is 13.2 Å². The van der Waals surface area contributed by atoms with Gasteiger partial charge in [0.1, 0.15) is 16.8 Å². The molecule has 2 N–H and O–H groups in total. The summed E-state index contributed by atoms with van der Waals surface area (Å²) in [7, 11) is -3.74. The highest BCUT2D eigenvalue weighted by atomic mass is 32.2. The molecule has 0 spiro atoms. The topological polar surface area (TPSA) is 87.7 Å². The summed E-state index contributed by atoms with van der Waals surface area (Å²) >= 11 is 0. The van der Waals surface area contributed by atoms with Crippen LogP contribution in [0.25, 0.3) is 0 Å². The molecule has 1 saturated carbocycles. The van der Waals surface area contributed by atoms with E-state index in [1.807, 2.05) is 48.5 Å². The zero-order valence-corrected chi connectivity index (χ0v) is 20.9. The van der Waals surface area contributed by atoms with Gasteiger partial charge in [0.05, 0.1) is 5.69 Å². The van der Waals surface area contributed by atoms with E-state index in [0.717, 1.165) is 36.8 Å². The van der Waals surface area contributed by atoms with Gasteiger partial charge in [-0.25, -0.2) is 8.42 Å². The predicted octanol–water partition coefficient (Wildman–Crippen LogP) is 4.83. The van der Waals surface area contributed by atoms with Crippen molar-refractivity contribution in [2.24, 2.45) is 0 Å². The van der Waals surface area contributed by atoms with E-state index < -0.39 is 16.2 Å². The molecule has 8 heteroatoms. The fraction of sp³-hybridized carbons (Fsp3) is 0.321. The quantitative estimate of drug-likeness (QED) is 0.480. The van der Waals surface area contributed by atoms with Crippen LogP contribution in [0.5, 0.6) is 5.75 Å². The van der Waals surface area contributed by atoms with Gasteiger partial charge in [-0.1, -0.05) is 73.9 Å². The van der Waals surface area contributed by atoms with Crippen LogP contribution in [0.15, 0.2) is 83.8 Å². The molecular weight excluding hydrogens is 474 g/mol.